The summed E-state index contributed by atoms with van der Waals surface area (Å²) in [6, 6.07) is 27.7. The van der Waals surface area contributed by atoms with Crippen LogP contribution in [0.4, 0.5) is 4.79 Å². The molecule has 0 aliphatic rings. The number of amides is 4. The number of hydrogen-bond donors (Lipinski definition) is 5. The SMILES string of the molecule is C[C@H](NC(=O)OCc1ccccc1)C(=O)N[C@@H](Cc1ccncc1)C(=O)NC(Cc1ccccc1)C(O)C(=O)NCc1ccccc1. The minimum absolute atomic E-state index is 0.0259. The van der Waals surface area contributed by atoms with E-state index in [0.29, 0.717) is 5.56 Å². The van der Waals surface area contributed by atoms with E-state index in [2.05, 4.69) is 26.3 Å². The van der Waals surface area contributed by atoms with E-state index < -0.39 is 48.0 Å². The highest BCUT2D eigenvalue weighted by Crippen LogP contribution is 2.10. The molecule has 4 aromatic rings. The Balaban J connectivity index is 1.45. The van der Waals surface area contributed by atoms with Gasteiger partial charge in [-0.1, -0.05) is 91.0 Å². The van der Waals surface area contributed by atoms with Gasteiger partial charge in [0.2, 0.25) is 11.8 Å². The van der Waals surface area contributed by atoms with Crippen molar-refractivity contribution in [2.24, 2.45) is 0 Å². The molecule has 0 fully saturated rings. The summed E-state index contributed by atoms with van der Waals surface area (Å²) in [4.78, 5) is 56.5. The number of alkyl carbamates (subject to hydrolysis) is 1. The lowest BCUT2D eigenvalue weighted by atomic mass is 9.99. The van der Waals surface area contributed by atoms with Gasteiger partial charge in [0.1, 0.15) is 18.7 Å². The van der Waals surface area contributed by atoms with Gasteiger partial charge in [0.25, 0.3) is 5.91 Å². The molecule has 47 heavy (non-hydrogen) atoms. The third kappa shape index (κ3) is 11.4. The van der Waals surface area contributed by atoms with Gasteiger partial charge in [-0.3, -0.25) is 19.4 Å². The van der Waals surface area contributed by atoms with Crippen LogP contribution < -0.4 is 21.3 Å². The average molecular weight is 638 g/mol. The van der Waals surface area contributed by atoms with Crippen molar-refractivity contribution in [3.63, 3.8) is 0 Å². The van der Waals surface area contributed by atoms with Gasteiger partial charge in [-0.15, -0.1) is 0 Å². The fourth-order valence-corrected chi connectivity index (χ4v) is 4.73. The van der Waals surface area contributed by atoms with E-state index in [1.54, 1.807) is 36.7 Å². The van der Waals surface area contributed by atoms with Gasteiger partial charge >= 0.3 is 6.09 Å². The van der Waals surface area contributed by atoms with Crippen LogP contribution in [0.15, 0.2) is 116 Å². The summed E-state index contributed by atoms with van der Waals surface area (Å²) in [6.45, 7) is 1.69. The van der Waals surface area contributed by atoms with Crippen molar-refractivity contribution in [2.75, 3.05) is 0 Å². The van der Waals surface area contributed by atoms with E-state index in [4.69, 9.17) is 4.74 Å². The lowest BCUT2D eigenvalue weighted by Gasteiger charge is -2.27. The lowest BCUT2D eigenvalue weighted by Crippen LogP contribution is -2.58. The summed E-state index contributed by atoms with van der Waals surface area (Å²) in [5.74, 6) is -1.90. The van der Waals surface area contributed by atoms with Crippen LogP contribution in [0.5, 0.6) is 0 Å². The van der Waals surface area contributed by atoms with Crippen LogP contribution in [0.3, 0.4) is 0 Å². The Hall–Kier alpha value is -5.55. The maximum atomic E-state index is 13.8. The molecule has 5 N–H and O–H groups in total. The van der Waals surface area contributed by atoms with Crippen LogP contribution in [0, 0.1) is 0 Å². The second kappa shape index (κ2) is 17.8. The van der Waals surface area contributed by atoms with Crippen molar-refractivity contribution < 1.29 is 29.0 Å². The maximum Gasteiger partial charge on any atom is 0.408 e. The summed E-state index contributed by atoms with van der Waals surface area (Å²) in [5.41, 5.74) is 3.14. The molecule has 0 bridgehead atoms. The number of aliphatic hydroxyl groups is 1. The zero-order chi connectivity index (χ0) is 33.4. The second-order valence-corrected chi connectivity index (χ2v) is 11.0. The molecule has 0 saturated carbocycles. The molecule has 4 rings (SSSR count). The van der Waals surface area contributed by atoms with Gasteiger partial charge in [0.15, 0.2) is 6.10 Å². The van der Waals surface area contributed by atoms with Gasteiger partial charge in [-0.25, -0.2) is 4.79 Å². The number of benzene rings is 3. The number of carbonyl (C=O) groups excluding carboxylic acids is 4. The Bertz CT molecular complexity index is 1580. The first-order chi connectivity index (χ1) is 22.8. The summed E-state index contributed by atoms with van der Waals surface area (Å²) in [7, 11) is 0. The number of nitrogens with one attached hydrogen (secondary N) is 4. The molecule has 4 amide bonds. The van der Waals surface area contributed by atoms with Gasteiger partial charge in [0, 0.05) is 25.4 Å². The van der Waals surface area contributed by atoms with Crippen molar-refractivity contribution in [2.45, 2.75) is 57.1 Å². The molecule has 0 saturated heterocycles. The summed E-state index contributed by atoms with van der Waals surface area (Å²) >= 11 is 0. The maximum absolute atomic E-state index is 13.8. The molecular formula is C36H39N5O6. The fourth-order valence-electron chi connectivity index (χ4n) is 4.73. The third-order valence-corrected chi connectivity index (χ3v) is 7.35. The third-order valence-electron chi connectivity index (χ3n) is 7.35. The molecule has 244 valence electrons. The first kappa shape index (κ1) is 34.3. The Labute approximate surface area is 273 Å². The largest absolute Gasteiger partial charge is 0.445 e. The number of nitrogens with zero attached hydrogens (tertiary/aromatic N) is 1. The highest BCUT2D eigenvalue weighted by molar-refractivity contribution is 5.92. The Morgan fingerprint density at radius 2 is 1.21 bits per heavy atom. The van der Waals surface area contributed by atoms with Crippen molar-refractivity contribution in [3.8, 4) is 0 Å². The molecule has 0 aliphatic heterocycles. The smallest absolute Gasteiger partial charge is 0.408 e. The van der Waals surface area contributed by atoms with Crippen molar-refractivity contribution in [1.82, 2.24) is 26.3 Å². The molecule has 11 nitrogen and oxygen atoms in total. The topological polar surface area (TPSA) is 159 Å². The molecule has 11 heteroatoms. The molecule has 0 spiro atoms. The number of hydrogen-bond acceptors (Lipinski definition) is 7. The standard InChI is InChI=1S/C36H39N5O6/c1-25(39-36(46)47-24-29-15-9-4-10-16-29)33(43)41-31(22-27-17-19-37-20-18-27)34(44)40-30(21-26-11-5-2-6-12-26)32(42)35(45)38-23-28-13-7-3-8-14-28/h2-20,25,30-32,42H,21-24H2,1H3,(H,38,45)(H,39,46)(H,40,44)(H,41,43)/t25-,30?,31-,32?/m0/s1. The number of carbonyl (C=O) groups is 4. The molecular weight excluding hydrogens is 598 g/mol. The highest BCUT2D eigenvalue weighted by atomic mass is 16.5. The lowest BCUT2D eigenvalue weighted by molar-refractivity contribution is -0.134. The number of aliphatic hydroxyl groups excluding tert-OH is 1. The Morgan fingerprint density at radius 3 is 1.83 bits per heavy atom. The predicted molar refractivity (Wildman–Crippen MR) is 175 cm³/mol. The summed E-state index contributed by atoms with van der Waals surface area (Å²) < 4.78 is 5.22. The van der Waals surface area contributed by atoms with Gasteiger partial charge in [-0.2, -0.15) is 0 Å². The quantitative estimate of drug-likeness (QED) is 0.134. The summed E-state index contributed by atoms with van der Waals surface area (Å²) in [6.07, 6.45) is 0.975. The number of ether oxygens (including phenoxy) is 1. The van der Waals surface area contributed by atoms with Crippen LogP contribution in [0.25, 0.3) is 0 Å². The Kier molecular flexibility index (Phi) is 13.0. The van der Waals surface area contributed by atoms with Crippen LogP contribution >= 0.6 is 0 Å². The van der Waals surface area contributed by atoms with E-state index in [0.717, 1.165) is 16.7 Å². The first-order valence-electron chi connectivity index (χ1n) is 15.3. The van der Waals surface area contributed by atoms with Crippen molar-refractivity contribution >= 4 is 23.8 Å². The minimum Gasteiger partial charge on any atom is -0.445 e. The van der Waals surface area contributed by atoms with Gasteiger partial charge < -0.3 is 31.1 Å². The van der Waals surface area contributed by atoms with Crippen molar-refractivity contribution in [3.05, 3.63) is 138 Å². The van der Waals surface area contributed by atoms with E-state index in [9.17, 15) is 24.3 Å². The number of pyridine rings is 1. The van der Waals surface area contributed by atoms with Crippen LogP contribution in [-0.4, -0.2) is 58.1 Å². The predicted octanol–water partition coefficient (Wildman–Crippen LogP) is 2.83. The van der Waals surface area contributed by atoms with E-state index >= 15 is 0 Å². The summed E-state index contributed by atoms with van der Waals surface area (Å²) in [5, 5.41) is 21.9. The molecule has 4 atom stereocenters. The highest BCUT2D eigenvalue weighted by Gasteiger charge is 2.32. The van der Waals surface area contributed by atoms with Crippen LogP contribution in [0.2, 0.25) is 0 Å². The molecule has 1 aromatic heterocycles. The van der Waals surface area contributed by atoms with Crippen LogP contribution in [-0.2, 0) is 45.1 Å². The minimum atomic E-state index is -1.60. The molecule has 2 unspecified atom stereocenters. The van der Waals surface area contributed by atoms with Gasteiger partial charge in [0.05, 0.1) is 6.04 Å². The first-order valence-corrected chi connectivity index (χ1v) is 15.3. The van der Waals surface area contributed by atoms with Crippen LogP contribution in [0.1, 0.15) is 29.2 Å². The average Bonchev–Trinajstić information content (AvgIpc) is 3.10. The molecule has 1 heterocycles. The van der Waals surface area contributed by atoms with E-state index in [1.807, 2.05) is 78.9 Å². The number of rotatable bonds is 15. The molecule has 3 aromatic carbocycles. The second-order valence-electron chi connectivity index (χ2n) is 11.0. The van der Waals surface area contributed by atoms with Crippen molar-refractivity contribution in [1.29, 1.82) is 0 Å². The normalized spacial score (nSPS) is 13.2. The van der Waals surface area contributed by atoms with Gasteiger partial charge in [-0.05, 0) is 47.7 Å². The number of aromatic nitrogens is 1. The molecule has 0 radical (unpaired) electrons. The monoisotopic (exact) mass is 637 g/mol. The molecule has 0 aliphatic carbocycles. The Morgan fingerprint density at radius 1 is 0.660 bits per heavy atom. The zero-order valence-electron chi connectivity index (χ0n) is 26.0. The fraction of sp³-hybridized carbons (Fsp3) is 0.250. The zero-order valence-corrected chi connectivity index (χ0v) is 26.0. The van der Waals surface area contributed by atoms with E-state index in [1.165, 1.54) is 6.92 Å². The van der Waals surface area contributed by atoms with E-state index in [-0.39, 0.29) is 26.0 Å².